The lowest BCUT2D eigenvalue weighted by Crippen LogP contribution is -2.55. The zero-order chi connectivity index (χ0) is 23.1. The van der Waals surface area contributed by atoms with Gasteiger partial charge in [0.05, 0.1) is 6.04 Å². The lowest BCUT2D eigenvalue weighted by Gasteiger charge is -2.21. The molecule has 0 heterocycles. The molecule has 172 valence electrons. The van der Waals surface area contributed by atoms with Crippen LogP contribution in [-0.2, 0) is 24.0 Å². The fourth-order valence-electron chi connectivity index (χ4n) is 2.62. The van der Waals surface area contributed by atoms with Gasteiger partial charge in [-0.1, -0.05) is 6.42 Å². The van der Waals surface area contributed by atoms with Crippen molar-refractivity contribution in [2.75, 3.05) is 13.1 Å². The van der Waals surface area contributed by atoms with E-state index < -0.39 is 41.6 Å². The van der Waals surface area contributed by atoms with Crippen LogP contribution in [0.1, 0.15) is 58.8 Å². The smallest absolute Gasteiger partial charge is 0.287 e. The second-order valence-electron chi connectivity index (χ2n) is 7.19. The molecule has 0 fully saturated rings. The number of hydrogen-bond donors (Lipinski definition) is 6. The number of carbonyl (C=O) groups excluding carboxylic acids is 5. The van der Waals surface area contributed by atoms with Crippen LogP contribution in [0.3, 0.4) is 0 Å². The first-order valence-electron chi connectivity index (χ1n) is 10.3. The molecule has 9 N–H and O–H groups in total. The number of ketones is 1. The number of hydrogen-bond acceptors (Lipinski definition) is 7. The molecule has 0 rings (SSSR count). The minimum absolute atomic E-state index is 0.210. The summed E-state index contributed by atoms with van der Waals surface area (Å²) in [5, 5.41) is 7.48. The van der Waals surface area contributed by atoms with Crippen LogP contribution in [0, 0.1) is 0 Å². The van der Waals surface area contributed by atoms with Crippen LogP contribution in [0.2, 0.25) is 0 Å². The molecule has 30 heavy (non-hydrogen) atoms. The first kappa shape index (κ1) is 27.5. The summed E-state index contributed by atoms with van der Waals surface area (Å²) in [7, 11) is 0. The molecule has 0 unspecified atom stereocenters. The molecular weight excluding hydrogens is 392 g/mol. The zero-order valence-corrected chi connectivity index (χ0v) is 17.9. The summed E-state index contributed by atoms with van der Waals surface area (Å²) in [5.41, 5.74) is 15.8. The second kappa shape index (κ2) is 15.3. The molecule has 0 aromatic rings. The van der Waals surface area contributed by atoms with Crippen LogP contribution in [0.15, 0.2) is 0 Å². The van der Waals surface area contributed by atoms with E-state index in [1.54, 1.807) is 0 Å². The first-order valence-corrected chi connectivity index (χ1v) is 10.3. The molecule has 0 saturated heterocycles. The first-order chi connectivity index (χ1) is 14.1. The number of rotatable bonds is 16. The topological polar surface area (TPSA) is 200 Å². The van der Waals surface area contributed by atoms with Gasteiger partial charge in [-0.15, -0.1) is 0 Å². The summed E-state index contributed by atoms with van der Waals surface area (Å²) in [6.45, 7) is 3.91. The summed E-state index contributed by atoms with van der Waals surface area (Å²) < 4.78 is 0. The van der Waals surface area contributed by atoms with Crippen molar-refractivity contribution in [3.05, 3.63) is 0 Å². The monoisotopic (exact) mass is 428 g/mol. The molecule has 0 spiro atoms. The third-order valence-electron chi connectivity index (χ3n) is 4.45. The minimum Gasteiger partial charge on any atom is -0.363 e. The molecular formula is C19H36N6O5. The molecule has 4 amide bonds. The third-order valence-corrected chi connectivity index (χ3v) is 4.45. The van der Waals surface area contributed by atoms with Crippen molar-refractivity contribution in [1.29, 1.82) is 0 Å². The maximum Gasteiger partial charge on any atom is 0.287 e. The van der Waals surface area contributed by atoms with Gasteiger partial charge in [-0.3, -0.25) is 24.0 Å². The highest BCUT2D eigenvalue weighted by Crippen LogP contribution is 2.03. The van der Waals surface area contributed by atoms with E-state index in [1.165, 1.54) is 13.8 Å². The Balaban J connectivity index is 4.61. The Bertz CT molecular complexity index is 598. The van der Waals surface area contributed by atoms with E-state index in [2.05, 4.69) is 16.0 Å². The van der Waals surface area contributed by atoms with Crippen molar-refractivity contribution in [2.45, 2.75) is 76.9 Å². The van der Waals surface area contributed by atoms with Crippen molar-refractivity contribution in [3.8, 4) is 0 Å². The van der Waals surface area contributed by atoms with Gasteiger partial charge in [-0.2, -0.15) is 0 Å². The van der Waals surface area contributed by atoms with E-state index >= 15 is 0 Å². The van der Waals surface area contributed by atoms with Crippen LogP contribution < -0.4 is 33.2 Å². The van der Waals surface area contributed by atoms with Crippen molar-refractivity contribution >= 4 is 29.4 Å². The molecule has 0 aromatic carbocycles. The standard InChI is InChI=1S/C19H36N6O5/c1-12(23-15(26)9-4-3-6-10-20)18(29)24-13(2)19(30)25-14(8-5-7-11-21)16(27)17(22)28/h12-14H,3-11,20-21H2,1-2H3,(H2,22,28)(H,23,26)(H,24,29)(H,25,30)/t12-,13-,14-/m0/s1. The van der Waals surface area contributed by atoms with E-state index in [4.69, 9.17) is 17.2 Å². The van der Waals surface area contributed by atoms with E-state index in [0.29, 0.717) is 32.4 Å². The van der Waals surface area contributed by atoms with Gasteiger partial charge in [0, 0.05) is 6.42 Å². The normalized spacial score (nSPS) is 13.6. The van der Waals surface area contributed by atoms with Gasteiger partial charge in [-0.05, 0) is 59.0 Å². The average Bonchev–Trinajstić information content (AvgIpc) is 2.69. The zero-order valence-electron chi connectivity index (χ0n) is 17.9. The van der Waals surface area contributed by atoms with Gasteiger partial charge in [-0.25, -0.2) is 0 Å². The maximum atomic E-state index is 12.3. The van der Waals surface area contributed by atoms with Gasteiger partial charge >= 0.3 is 0 Å². The van der Waals surface area contributed by atoms with E-state index in [0.717, 1.165) is 12.8 Å². The van der Waals surface area contributed by atoms with E-state index in [-0.39, 0.29) is 18.7 Å². The lowest BCUT2D eigenvalue weighted by atomic mass is 10.0. The molecule has 0 radical (unpaired) electrons. The van der Waals surface area contributed by atoms with Crippen LogP contribution in [-0.4, -0.2) is 60.6 Å². The van der Waals surface area contributed by atoms with Crippen molar-refractivity contribution < 1.29 is 24.0 Å². The average molecular weight is 429 g/mol. The number of nitrogens with two attached hydrogens (primary N) is 3. The lowest BCUT2D eigenvalue weighted by molar-refractivity contribution is -0.139. The second-order valence-corrected chi connectivity index (χ2v) is 7.19. The fourth-order valence-corrected chi connectivity index (χ4v) is 2.62. The SMILES string of the molecule is C[C@H](NC(=O)CCCCCN)C(=O)N[C@@H](C)C(=O)N[C@@H](CCCCN)C(=O)C(N)=O. The van der Waals surface area contributed by atoms with Crippen LogP contribution in [0.25, 0.3) is 0 Å². The van der Waals surface area contributed by atoms with Crippen molar-refractivity contribution in [1.82, 2.24) is 16.0 Å². The third kappa shape index (κ3) is 11.5. The molecule has 0 aromatic heterocycles. The van der Waals surface area contributed by atoms with Gasteiger partial charge in [0.1, 0.15) is 12.1 Å². The Morgan fingerprint density at radius 2 is 1.27 bits per heavy atom. The number of amides is 4. The fraction of sp³-hybridized carbons (Fsp3) is 0.737. The molecule has 11 nitrogen and oxygen atoms in total. The summed E-state index contributed by atoms with van der Waals surface area (Å²) in [5.74, 6) is -3.51. The maximum absolute atomic E-state index is 12.3. The summed E-state index contributed by atoms with van der Waals surface area (Å²) in [6, 6.07) is -2.90. The summed E-state index contributed by atoms with van der Waals surface area (Å²) >= 11 is 0. The van der Waals surface area contributed by atoms with Gasteiger partial charge in [0.15, 0.2) is 0 Å². The molecule has 3 atom stereocenters. The predicted molar refractivity (Wildman–Crippen MR) is 112 cm³/mol. The Labute approximate surface area is 177 Å². The van der Waals surface area contributed by atoms with E-state index in [9.17, 15) is 24.0 Å². The molecule has 0 bridgehead atoms. The highest BCUT2D eigenvalue weighted by Gasteiger charge is 2.27. The van der Waals surface area contributed by atoms with Crippen LogP contribution in [0.5, 0.6) is 0 Å². The molecule has 11 heteroatoms. The highest BCUT2D eigenvalue weighted by atomic mass is 16.2. The predicted octanol–water partition coefficient (Wildman–Crippen LogP) is -1.82. The Morgan fingerprint density at radius 1 is 0.733 bits per heavy atom. The molecule has 0 aliphatic heterocycles. The highest BCUT2D eigenvalue weighted by molar-refractivity contribution is 6.37. The van der Waals surface area contributed by atoms with Crippen LogP contribution in [0.4, 0.5) is 0 Å². The van der Waals surface area contributed by atoms with Crippen molar-refractivity contribution in [3.63, 3.8) is 0 Å². The number of primary amides is 1. The summed E-state index contributed by atoms with van der Waals surface area (Å²) in [4.78, 5) is 59.5. The molecule has 0 saturated carbocycles. The number of unbranched alkanes of at least 4 members (excludes halogenated alkanes) is 3. The quantitative estimate of drug-likeness (QED) is 0.123. The van der Waals surface area contributed by atoms with Gasteiger partial charge in [0.25, 0.3) is 5.91 Å². The number of carbonyl (C=O) groups is 5. The number of Topliss-reactive ketones (excluding diaryl/α,β-unsaturated/α-hetero) is 1. The summed E-state index contributed by atoms with van der Waals surface area (Å²) in [6.07, 6.45) is 3.98. The number of nitrogens with one attached hydrogen (secondary N) is 3. The van der Waals surface area contributed by atoms with Gasteiger partial charge in [0.2, 0.25) is 23.5 Å². The minimum atomic E-state index is -1.15. The largest absolute Gasteiger partial charge is 0.363 e. The Kier molecular flexibility index (Phi) is 14.0. The Morgan fingerprint density at radius 3 is 1.83 bits per heavy atom. The van der Waals surface area contributed by atoms with Crippen LogP contribution >= 0.6 is 0 Å². The molecule has 0 aliphatic rings. The van der Waals surface area contributed by atoms with Crippen molar-refractivity contribution in [2.24, 2.45) is 17.2 Å². The molecule has 0 aliphatic carbocycles. The van der Waals surface area contributed by atoms with E-state index in [1.807, 2.05) is 0 Å². The van der Waals surface area contributed by atoms with Gasteiger partial charge < -0.3 is 33.2 Å². The Hall–Kier alpha value is -2.53.